The number of amides is 1. The molecule has 1 rings (SSSR count). The molecule has 1 amide bonds. The van der Waals surface area contributed by atoms with Gasteiger partial charge in [0.15, 0.2) is 0 Å². The third-order valence-electron chi connectivity index (χ3n) is 1.69. The Hall–Kier alpha value is -1.85. The second-order valence-electron chi connectivity index (χ2n) is 2.68. The summed E-state index contributed by atoms with van der Waals surface area (Å²) in [6, 6.07) is 0. The molecule has 0 unspecified atom stereocenters. The molecule has 0 saturated heterocycles. The first kappa shape index (κ1) is 10.2. The molecule has 0 bridgehead atoms. The van der Waals surface area contributed by atoms with Gasteiger partial charge in [-0.25, -0.2) is 0 Å². The highest BCUT2D eigenvalue weighted by Gasteiger charge is 2.05. The van der Waals surface area contributed by atoms with Crippen LogP contribution in [0.15, 0.2) is 12.4 Å². The molecule has 0 aliphatic rings. The van der Waals surface area contributed by atoms with Gasteiger partial charge in [0, 0.05) is 6.20 Å². The van der Waals surface area contributed by atoms with Crippen LogP contribution < -0.4 is 5.73 Å². The normalized spacial score (nSPS) is 9.79. The summed E-state index contributed by atoms with van der Waals surface area (Å²) < 4.78 is 5.92. The van der Waals surface area contributed by atoms with E-state index in [2.05, 4.69) is 9.84 Å². The first-order chi connectivity index (χ1) is 6.63. The van der Waals surface area contributed by atoms with E-state index in [1.165, 1.54) is 24.2 Å². The Morgan fingerprint density at radius 3 is 2.86 bits per heavy atom. The van der Waals surface area contributed by atoms with E-state index >= 15 is 0 Å². The van der Waals surface area contributed by atoms with E-state index in [0.717, 1.165) is 0 Å². The number of methoxy groups -OCH3 is 1. The molecule has 0 atom stereocenters. The van der Waals surface area contributed by atoms with Crippen LogP contribution in [0.3, 0.4) is 0 Å². The van der Waals surface area contributed by atoms with Gasteiger partial charge >= 0.3 is 5.97 Å². The number of esters is 1. The zero-order chi connectivity index (χ0) is 10.6. The maximum atomic E-state index is 10.8. The van der Waals surface area contributed by atoms with Crippen LogP contribution in [0.4, 0.5) is 0 Å². The summed E-state index contributed by atoms with van der Waals surface area (Å²) in [6.45, 7) is 0.375. The maximum Gasteiger partial charge on any atom is 0.307 e. The zero-order valence-electron chi connectivity index (χ0n) is 7.77. The molecule has 0 radical (unpaired) electrons. The van der Waals surface area contributed by atoms with Gasteiger partial charge in [-0.05, 0) is 0 Å². The summed E-state index contributed by atoms with van der Waals surface area (Å²) in [6.07, 6.45) is 3.07. The van der Waals surface area contributed by atoms with E-state index in [1.807, 2.05) is 0 Å². The van der Waals surface area contributed by atoms with Crippen LogP contribution in [0.5, 0.6) is 0 Å². The van der Waals surface area contributed by atoms with Gasteiger partial charge in [0.05, 0.1) is 31.8 Å². The van der Waals surface area contributed by atoms with Gasteiger partial charge in [-0.1, -0.05) is 0 Å². The fourth-order valence-corrected chi connectivity index (χ4v) is 0.921. The number of hydrogen-bond acceptors (Lipinski definition) is 4. The molecular weight excluding hydrogens is 186 g/mol. The van der Waals surface area contributed by atoms with Crippen LogP contribution in [0.25, 0.3) is 0 Å². The number of primary amides is 1. The Morgan fingerprint density at radius 1 is 1.64 bits per heavy atom. The number of carbonyl (C=O) groups is 2. The number of hydrogen-bond donors (Lipinski definition) is 1. The first-order valence-electron chi connectivity index (χ1n) is 4.02. The second-order valence-corrected chi connectivity index (χ2v) is 2.68. The summed E-state index contributed by atoms with van der Waals surface area (Å²) in [5, 5.41) is 3.85. The van der Waals surface area contributed by atoms with Crippen LogP contribution in [0, 0.1) is 0 Å². The van der Waals surface area contributed by atoms with Crippen molar-refractivity contribution in [2.45, 2.75) is 13.0 Å². The van der Waals surface area contributed by atoms with Crippen molar-refractivity contribution in [3.63, 3.8) is 0 Å². The Morgan fingerprint density at radius 2 is 2.36 bits per heavy atom. The molecule has 0 spiro atoms. The van der Waals surface area contributed by atoms with Crippen LogP contribution in [-0.4, -0.2) is 28.8 Å². The second kappa shape index (κ2) is 4.40. The minimum absolute atomic E-state index is 0.219. The molecule has 0 fully saturated rings. The average molecular weight is 197 g/mol. The summed E-state index contributed by atoms with van der Waals surface area (Å²) in [7, 11) is 1.32. The monoisotopic (exact) mass is 197 g/mol. The molecule has 6 nitrogen and oxygen atoms in total. The molecule has 0 aliphatic carbocycles. The van der Waals surface area contributed by atoms with E-state index in [0.29, 0.717) is 12.1 Å². The van der Waals surface area contributed by atoms with Gasteiger partial charge < -0.3 is 10.5 Å². The highest BCUT2D eigenvalue weighted by atomic mass is 16.5. The fourth-order valence-electron chi connectivity index (χ4n) is 0.921. The SMILES string of the molecule is COC(=O)CCn1cc(C(N)=O)cn1. The maximum absolute atomic E-state index is 10.8. The van der Waals surface area contributed by atoms with Crippen LogP contribution in [-0.2, 0) is 16.1 Å². The zero-order valence-corrected chi connectivity index (χ0v) is 7.77. The summed E-state index contributed by atoms with van der Waals surface area (Å²) in [5.41, 5.74) is 5.35. The Bertz CT molecular complexity index is 345. The minimum Gasteiger partial charge on any atom is -0.469 e. The molecule has 1 heterocycles. The van der Waals surface area contributed by atoms with Crippen molar-refractivity contribution in [2.24, 2.45) is 5.73 Å². The van der Waals surface area contributed by atoms with Crippen LogP contribution in [0.2, 0.25) is 0 Å². The van der Waals surface area contributed by atoms with Crippen molar-refractivity contribution in [3.05, 3.63) is 18.0 Å². The van der Waals surface area contributed by atoms with Gasteiger partial charge in [0.25, 0.3) is 5.91 Å². The van der Waals surface area contributed by atoms with E-state index in [4.69, 9.17) is 5.73 Å². The predicted molar refractivity (Wildman–Crippen MR) is 47.4 cm³/mol. The van der Waals surface area contributed by atoms with Crippen molar-refractivity contribution in [3.8, 4) is 0 Å². The van der Waals surface area contributed by atoms with Crippen molar-refractivity contribution in [1.82, 2.24) is 9.78 Å². The van der Waals surface area contributed by atoms with E-state index in [1.54, 1.807) is 0 Å². The van der Waals surface area contributed by atoms with Gasteiger partial charge in [-0.2, -0.15) is 5.10 Å². The predicted octanol–water partition coefficient (Wildman–Crippen LogP) is -0.455. The fraction of sp³-hybridized carbons (Fsp3) is 0.375. The molecule has 1 aromatic rings. The average Bonchev–Trinajstić information content (AvgIpc) is 2.62. The topological polar surface area (TPSA) is 87.2 Å². The Labute approximate surface area is 80.6 Å². The molecule has 1 aromatic heterocycles. The molecule has 0 saturated carbocycles. The molecular formula is C8H11N3O3. The lowest BCUT2D eigenvalue weighted by molar-refractivity contribution is -0.140. The van der Waals surface area contributed by atoms with E-state index in [-0.39, 0.29) is 12.4 Å². The number of nitrogens with zero attached hydrogens (tertiary/aromatic N) is 2. The number of aromatic nitrogens is 2. The molecule has 6 heteroatoms. The van der Waals surface area contributed by atoms with Gasteiger partial charge in [0.1, 0.15) is 0 Å². The molecule has 14 heavy (non-hydrogen) atoms. The van der Waals surface area contributed by atoms with E-state index in [9.17, 15) is 9.59 Å². The number of nitrogens with two attached hydrogens (primary N) is 1. The highest BCUT2D eigenvalue weighted by molar-refractivity contribution is 5.92. The lowest BCUT2D eigenvalue weighted by Crippen LogP contribution is -2.10. The Balaban J connectivity index is 2.52. The number of carbonyl (C=O) groups excluding carboxylic acids is 2. The van der Waals surface area contributed by atoms with E-state index < -0.39 is 5.91 Å². The molecule has 0 aromatic carbocycles. The summed E-state index contributed by atoms with van der Waals surface area (Å²) >= 11 is 0. The highest BCUT2D eigenvalue weighted by Crippen LogP contribution is 1.97. The number of aryl methyl sites for hydroxylation is 1. The molecule has 2 N–H and O–H groups in total. The quantitative estimate of drug-likeness (QED) is 0.662. The minimum atomic E-state index is -0.533. The van der Waals surface area contributed by atoms with Gasteiger partial charge in [-0.3, -0.25) is 14.3 Å². The summed E-state index contributed by atoms with van der Waals surface area (Å²) in [4.78, 5) is 21.5. The number of ether oxygens (including phenoxy) is 1. The third kappa shape index (κ3) is 2.58. The largest absolute Gasteiger partial charge is 0.469 e. The first-order valence-corrected chi connectivity index (χ1v) is 4.02. The van der Waals surface area contributed by atoms with Crippen molar-refractivity contribution in [1.29, 1.82) is 0 Å². The lowest BCUT2D eigenvalue weighted by atomic mass is 10.3. The van der Waals surface area contributed by atoms with Crippen LogP contribution >= 0.6 is 0 Å². The number of rotatable bonds is 4. The summed E-state index contributed by atoms with van der Waals surface area (Å²) in [5.74, 6) is -0.851. The molecule has 76 valence electrons. The van der Waals surface area contributed by atoms with Gasteiger partial charge in [-0.15, -0.1) is 0 Å². The van der Waals surface area contributed by atoms with Gasteiger partial charge in [0.2, 0.25) is 0 Å². The van der Waals surface area contributed by atoms with Crippen molar-refractivity contribution >= 4 is 11.9 Å². The van der Waals surface area contributed by atoms with Crippen molar-refractivity contribution < 1.29 is 14.3 Å². The van der Waals surface area contributed by atoms with Crippen LogP contribution in [0.1, 0.15) is 16.8 Å². The third-order valence-corrected chi connectivity index (χ3v) is 1.69. The van der Waals surface area contributed by atoms with Crippen molar-refractivity contribution in [2.75, 3.05) is 7.11 Å². The standard InChI is InChI=1S/C8H11N3O3/c1-14-7(12)2-3-11-5-6(4-10-11)8(9)13/h4-5H,2-3H2,1H3,(H2,9,13). The lowest BCUT2D eigenvalue weighted by Gasteiger charge is -1.98. The molecule has 0 aliphatic heterocycles. The smallest absolute Gasteiger partial charge is 0.307 e. The Kier molecular flexibility index (Phi) is 3.22.